The maximum Gasteiger partial charge on any atom is 0.274 e. The van der Waals surface area contributed by atoms with Gasteiger partial charge in [-0.3, -0.25) is 4.79 Å². The number of aromatic nitrogens is 2. The molecule has 5 nitrogen and oxygen atoms in total. The van der Waals surface area contributed by atoms with Crippen molar-refractivity contribution in [3.63, 3.8) is 0 Å². The summed E-state index contributed by atoms with van der Waals surface area (Å²) in [4.78, 5) is 25.2. The second kappa shape index (κ2) is 5.62. The van der Waals surface area contributed by atoms with Gasteiger partial charge in [-0.1, -0.05) is 12.1 Å². The Morgan fingerprint density at radius 3 is 2.88 bits per heavy atom. The van der Waals surface area contributed by atoms with Gasteiger partial charge in [0, 0.05) is 30.7 Å². The molecule has 1 atom stereocenters. The van der Waals surface area contributed by atoms with E-state index in [1.807, 2.05) is 29.2 Å². The van der Waals surface area contributed by atoms with Crippen LogP contribution in [0.5, 0.6) is 0 Å². The molecule has 0 spiro atoms. The Morgan fingerprint density at radius 1 is 1.12 bits per heavy atom. The number of rotatable bonds is 1. The maximum atomic E-state index is 13.3. The van der Waals surface area contributed by atoms with Crippen molar-refractivity contribution >= 4 is 28.3 Å². The molecular weight excluding hydrogens is 312 g/mol. The Morgan fingerprint density at radius 2 is 2.00 bits per heavy atom. The van der Waals surface area contributed by atoms with E-state index in [-0.39, 0.29) is 5.91 Å². The SMILES string of the molecule is O=C(c1cc2cccnc2[nH]1)N1CC2CCCCN2c2ccccc21. The molecule has 5 heteroatoms. The average molecular weight is 332 g/mol. The molecule has 4 heterocycles. The number of anilines is 2. The first kappa shape index (κ1) is 14.5. The van der Waals surface area contributed by atoms with Crippen LogP contribution in [-0.4, -0.2) is 35.0 Å². The minimum absolute atomic E-state index is 0.0238. The van der Waals surface area contributed by atoms with E-state index >= 15 is 0 Å². The predicted molar refractivity (Wildman–Crippen MR) is 99.2 cm³/mol. The highest BCUT2D eigenvalue weighted by Crippen LogP contribution is 2.39. The number of fused-ring (bicyclic) bond motifs is 4. The zero-order chi connectivity index (χ0) is 16.8. The number of hydrogen-bond acceptors (Lipinski definition) is 3. The van der Waals surface area contributed by atoms with Crippen molar-refractivity contribution in [3.05, 3.63) is 54.4 Å². The molecule has 1 unspecified atom stereocenters. The van der Waals surface area contributed by atoms with Crippen LogP contribution < -0.4 is 9.80 Å². The third-order valence-electron chi connectivity index (χ3n) is 5.37. The highest BCUT2D eigenvalue weighted by molar-refractivity contribution is 6.09. The number of amides is 1. The number of piperidine rings is 1. The molecule has 0 saturated carbocycles. The number of hydrogen-bond donors (Lipinski definition) is 1. The van der Waals surface area contributed by atoms with E-state index in [4.69, 9.17) is 0 Å². The maximum absolute atomic E-state index is 13.3. The van der Waals surface area contributed by atoms with Crippen molar-refractivity contribution in [3.8, 4) is 0 Å². The van der Waals surface area contributed by atoms with E-state index in [2.05, 4.69) is 33.1 Å². The minimum atomic E-state index is 0.0238. The molecule has 0 radical (unpaired) electrons. The van der Waals surface area contributed by atoms with E-state index in [1.165, 1.54) is 18.5 Å². The number of benzene rings is 1. The first-order chi connectivity index (χ1) is 12.3. The fourth-order valence-electron chi connectivity index (χ4n) is 4.16. The van der Waals surface area contributed by atoms with Gasteiger partial charge in [0.15, 0.2) is 0 Å². The van der Waals surface area contributed by atoms with Crippen LogP contribution in [-0.2, 0) is 0 Å². The molecule has 2 aliphatic heterocycles. The number of carbonyl (C=O) groups is 1. The van der Waals surface area contributed by atoms with Crippen LogP contribution in [0.25, 0.3) is 11.0 Å². The summed E-state index contributed by atoms with van der Waals surface area (Å²) in [5, 5.41) is 0.968. The summed E-state index contributed by atoms with van der Waals surface area (Å²) in [6.07, 6.45) is 5.35. The highest BCUT2D eigenvalue weighted by atomic mass is 16.2. The van der Waals surface area contributed by atoms with Crippen LogP contribution in [0.15, 0.2) is 48.7 Å². The lowest BCUT2D eigenvalue weighted by atomic mass is 9.96. The van der Waals surface area contributed by atoms with Gasteiger partial charge in [-0.2, -0.15) is 0 Å². The van der Waals surface area contributed by atoms with Gasteiger partial charge in [0.25, 0.3) is 5.91 Å². The van der Waals surface area contributed by atoms with Gasteiger partial charge in [-0.05, 0) is 49.6 Å². The highest BCUT2D eigenvalue weighted by Gasteiger charge is 2.35. The molecule has 25 heavy (non-hydrogen) atoms. The second-order valence-corrected chi connectivity index (χ2v) is 6.87. The molecule has 3 aromatic rings. The van der Waals surface area contributed by atoms with Crippen LogP contribution in [0.3, 0.4) is 0 Å². The number of aromatic amines is 1. The van der Waals surface area contributed by atoms with Gasteiger partial charge in [-0.15, -0.1) is 0 Å². The normalized spacial score (nSPS) is 19.6. The van der Waals surface area contributed by atoms with E-state index in [0.29, 0.717) is 11.7 Å². The summed E-state index contributed by atoms with van der Waals surface area (Å²) >= 11 is 0. The van der Waals surface area contributed by atoms with Gasteiger partial charge in [0.05, 0.1) is 11.4 Å². The fraction of sp³-hybridized carbons (Fsp3) is 0.300. The van der Waals surface area contributed by atoms with Gasteiger partial charge in [0.2, 0.25) is 0 Å². The minimum Gasteiger partial charge on any atom is -0.365 e. The molecule has 2 aliphatic rings. The second-order valence-electron chi connectivity index (χ2n) is 6.87. The monoisotopic (exact) mass is 332 g/mol. The van der Waals surface area contributed by atoms with Crippen LogP contribution in [0, 0.1) is 0 Å². The molecule has 1 saturated heterocycles. The Kier molecular flexibility index (Phi) is 3.26. The predicted octanol–water partition coefficient (Wildman–Crippen LogP) is 3.58. The van der Waals surface area contributed by atoms with Crippen molar-refractivity contribution in [2.24, 2.45) is 0 Å². The zero-order valence-corrected chi connectivity index (χ0v) is 14.0. The fourth-order valence-corrected chi connectivity index (χ4v) is 4.16. The van der Waals surface area contributed by atoms with Crippen molar-refractivity contribution in [2.75, 3.05) is 22.9 Å². The largest absolute Gasteiger partial charge is 0.365 e. The van der Waals surface area contributed by atoms with E-state index < -0.39 is 0 Å². The number of nitrogens with one attached hydrogen (secondary N) is 1. The molecule has 0 bridgehead atoms. The topological polar surface area (TPSA) is 52.2 Å². The molecule has 2 aromatic heterocycles. The Bertz CT molecular complexity index is 915. The summed E-state index contributed by atoms with van der Waals surface area (Å²) < 4.78 is 0. The molecule has 1 amide bonds. The average Bonchev–Trinajstić information content (AvgIpc) is 3.11. The number of para-hydroxylation sites is 2. The van der Waals surface area contributed by atoms with E-state index in [0.717, 1.165) is 36.2 Å². The summed E-state index contributed by atoms with van der Waals surface area (Å²) in [5.41, 5.74) is 3.56. The summed E-state index contributed by atoms with van der Waals surface area (Å²) in [6.45, 7) is 1.83. The lowest BCUT2D eigenvalue weighted by molar-refractivity contribution is 0.0978. The standard InChI is InChI=1S/C20H20N4O/c25-20(16-12-14-6-5-10-21-19(14)22-16)24-13-15-7-3-4-11-23(15)17-8-1-2-9-18(17)24/h1-2,5-6,8-10,12,15H,3-4,7,11,13H2,(H,21,22). The molecule has 126 valence electrons. The lowest BCUT2D eigenvalue weighted by Gasteiger charge is -2.46. The van der Waals surface area contributed by atoms with Crippen molar-refractivity contribution in [1.29, 1.82) is 0 Å². The van der Waals surface area contributed by atoms with Crippen LogP contribution >= 0.6 is 0 Å². The van der Waals surface area contributed by atoms with Gasteiger partial charge in [0.1, 0.15) is 11.3 Å². The van der Waals surface area contributed by atoms with Crippen molar-refractivity contribution in [2.45, 2.75) is 25.3 Å². The number of pyridine rings is 1. The van der Waals surface area contributed by atoms with Crippen LogP contribution in [0.2, 0.25) is 0 Å². The van der Waals surface area contributed by atoms with E-state index in [1.54, 1.807) is 6.20 Å². The molecule has 1 aromatic carbocycles. The number of H-pyrrole nitrogens is 1. The first-order valence-corrected chi connectivity index (χ1v) is 8.92. The van der Waals surface area contributed by atoms with E-state index in [9.17, 15) is 4.79 Å². The van der Waals surface area contributed by atoms with Crippen molar-refractivity contribution in [1.82, 2.24) is 9.97 Å². The van der Waals surface area contributed by atoms with Crippen LogP contribution in [0.4, 0.5) is 11.4 Å². The lowest BCUT2D eigenvalue weighted by Crippen LogP contribution is -2.53. The molecule has 1 fully saturated rings. The quantitative estimate of drug-likeness (QED) is 0.741. The van der Waals surface area contributed by atoms with Crippen LogP contribution in [0.1, 0.15) is 29.8 Å². The molecular formula is C20H20N4O. The Hall–Kier alpha value is -2.82. The van der Waals surface area contributed by atoms with Crippen molar-refractivity contribution < 1.29 is 4.79 Å². The molecule has 0 aliphatic carbocycles. The number of nitrogens with zero attached hydrogens (tertiary/aromatic N) is 3. The smallest absolute Gasteiger partial charge is 0.274 e. The number of carbonyl (C=O) groups excluding carboxylic acids is 1. The summed E-state index contributed by atoms with van der Waals surface area (Å²) in [6, 6.07) is 14.4. The molecule has 1 N–H and O–H groups in total. The third-order valence-corrected chi connectivity index (χ3v) is 5.37. The zero-order valence-electron chi connectivity index (χ0n) is 14.0. The van der Waals surface area contributed by atoms with Gasteiger partial charge >= 0.3 is 0 Å². The Labute approximate surface area is 146 Å². The third kappa shape index (κ3) is 2.30. The summed E-state index contributed by atoms with van der Waals surface area (Å²) in [5.74, 6) is 0.0238. The van der Waals surface area contributed by atoms with Gasteiger partial charge in [-0.25, -0.2) is 4.98 Å². The first-order valence-electron chi connectivity index (χ1n) is 8.92. The molecule has 5 rings (SSSR count). The van der Waals surface area contributed by atoms with Gasteiger partial charge < -0.3 is 14.8 Å². The Balaban J connectivity index is 1.57. The summed E-state index contributed by atoms with van der Waals surface area (Å²) in [7, 11) is 0.